The van der Waals surface area contributed by atoms with Gasteiger partial charge in [-0.15, -0.1) is 0 Å². The molecule has 0 radical (unpaired) electrons. The van der Waals surface area contributed by atoms with Crippen molar-refractivity contribution in [1.82, 2.24) is 4.90 Å². The summed E-state index contributed by atoms with van der Waals surface area (Å²) in [4.78, 5) is 25.4. The van der Waals surface area contributed by atoms with E-state index in [1.165, 1.54) is 4.90 Å². The number of nitrogens with zero attached hydrogens (tertiary/aromatic N) is 1. The van der Waals surface area contributed by atoms with Crippen LogP contribution in [0.2, 0.25) is 5.02 Å². The van der Waals surface area contributed by atoms with E-state index in [2.05, 4.69) is 0 Å². The minimum atomic E-state index is -0.946. The summed E-state index contributed by atoms with van der Waals surface area (Å²) in [6.45, 7) is 1.53. The summed E-state index contributed by atoms with van der Waals surface area (Å²) in [5, 5.41) is 10.1. The molecule has 0 spiro atoms. The summed E-state index contributed by atoms with van der Waals surface area (Å²) in [6.07, 6.45) is 3.26. The molecule has 1 aliphatic heterocycles. The number of unbranched alkanes of at least 4 members (excludes halogenated alkanes) is 1. The molecule has 0 aliphatic carbocycles. The summed E-state index contributed by atoms with van der Waals surface area (Å²) in [5.74, 6) is 0.972. The van der Waals surface area contributed by atoms with Gasteiger partial charge >= 0.3 is 6.09 Å². The van der Waals surface area contributed by atoms with Crippen molar-refractivity contribution in [2.24, 2.45) is 0 Å². The van der Waals surface area contributed by atoms with Gasteiger partial charge in [0.2, 0.25) is 0 Å². The predicted octanol–water partition coefficient (Wildman–Crippen LogP) is 5.24. The molecule has 0 fully saturated rings. The number of aryl methyl sites for hydroxylation is 1. The van der Waals surface area contributed by atoms with Crippen molar-refractivity contribution in [3.05, 3.63) is 64.2 Å². The first-order valence-corrected chi connectivity index (χ1v) is 10.4. The standard InChI is InChI=1S/C23H26ClNO4/c24-20-8-2-1-6-17(20)12-14-25(23(27)28)13-4-3-9-21(26)18-10-11-22-19(16-18)7-5-15-29-22/h1-2,6,8,10-11,16H,3-5,7,9,12-15H2,(H,27,28). The average Bonchev–Trinajstić information content (AvgIpc) is 2.73. The highest BCUT2D eigenvalue weighted by molar-refractivity contribution is 6.31. The number of halogens is 1. The fourth-order valence-electron chi connectivity index (χ4n) is 3.53. The molecule has 0 saturated heterocycles. The smallest absolute Gasteiger partial charge is 0.407 e. The minimum Gasteiger partial charge on any atom is -0.493 e. The molecular formula is C23H26ClNO4. The number of carbonyl (C=O) groups excluding carboxylic acids is 1. The van der Waals surface area contributed by atoms with E-state index in [4.69, 9.17) is 16.3 Å². The third kappa shape index (κ3) is 5.97. The minimum absolute atomic E-state index is 0.0938. The maximum absolute atomic E-state index is 12.5. The topological polar surface area (TPSA) is 66.8 Å². The molecule has 3 rings (SSSR count). The molecule has 5 nitrogen and oxygen atoms in total. The lowest BCUT2D eigenvalue weighted by atomic mass is 9.99. The second kappa shape index (κ2) is 10.3. The van der Waals surface area contributed by atoms with E-state index >= 15 is 0 Å². The number of ether oxygens (including phenoxy) is 1. The molecule has 1 amide bonds. The molecule has 0 saturated carbocycles. The van der Waals surface area contributed by atoms with Gasteiger partial charge < -0.3 is 14.7 Å². The molecule has 2 aromatic rings. The Bertz CT molecular complexity index is 868. The van der Waals surface area contributed by atoms with Gasteiger partial charge in [0.1, 0.15) is 5.75 Å². The highest BCUT2D eigenvalue weighted by Gasteiger charge is 2.15. The molecular weight excluding hydrogens is 390 g/mol. The number of carboxylic acid groups (broad SMARTS) is 1. The van der Waals surface area contributed by atoms with E-state index in [-0.39, 0.29) is 5.78 Å². The van der Waals surface area contributed by atoms with Crippen LogP contribution < -0.4 is 4.74 Å². The van der Waals surface area contributed by atoms with Gasteiger partial charge in [0, 0.05) is 30.1 Å². The highest BCUT2D eigenvalue weighted by Crippen LogP contribution is 2.26. The maximum atomic E-state index is 12.5. The molecule has 1 N–H and O–H groups in total. The van der Waals surface area contributed by atoms with Gasteiger partial charge in [-0.25, -0.2) is 4.79 Å². The Balaban J connectivity index is 1.44. The third-order valence-electron chi connectivity index (χ3n) is 5.19. The number of fused-ring (bicyclic) bond motifs is 1. The first-order chi connectivity index (χ1) is 14.0. The van der Waals surface area contributed by atoms with Crippen molar-refractivity contribution in [3.63, 3.8) is 0 Å². The normalized spacial score (nSPS) is 12.7. The maximum Gasteiger partial charge on any atom is 0.407 e. The summed E-state index contributed by atoms with van der Waals surface area (Å²) >= 11 is 6.14. The fourth-order valence-corrected chi connectivity index (χ4v) is 3.76. The van der Waals surface area contributed by atoms with Crippen LogP contribution in [0.25, 0.3) is 0 Å². The van der Waals surface area contributed by atoms with Gasteiger partial charge in [-0.2, -0.15) is 0 Å². The largest absolute Gasteiger partial charge is 0.493 e. The first-order valence-electron chi connectivity index (χ1n) is 10.0. The van der Waals surface area contributed by atoms with Gasteiger partial charge in [0.25, 0.3) is 0 Å². The lowest BCUT2D eigenvalue weighted by molar-refractivity contribution is 0.0978. The molecule has 0 unspecified atom stereocenters. The van der Waals surface area contributed by atoms with Crippen LogP contribution in [-0.2, 0) is 12.8 Å². The zero-order valence-electron chi connectivity index (χ0n) is 16.4. The van der Waals surface area contributed by atoms with Crippen molar-refractivity contribution >= 4 is 23.5 Å². The van der Waals surface area contributed by atoms with Crippen LogP contribution in [0.5, 0.6) is 5.75 Å². The quantitative estimate of drug-likeness (QED) is 0.449. The van der Waals surface area contributed by atoms with Crippen molar-refractivity contribution < 1.29 is 19.4 Å². The van der Waals surface area contributed by atoms with Crippen molar-refractivity contribution in [3.8, 4) is 5.75 Å². The van der Waals surface area contributed by atoms with E-state index in [1.54, 1.807) is 6.07 Å². The van der Waals surface area contributed by atoms with E-state index in [1.807, 2.05) is 36.4 Å². The van der Waals surface area contributed by atoms with Crippen molar-refractivity contribution in [2.75, 3.05) is 19.7 Å². The second-order valence-electron chi connectivity index (χ2n) is 7.27. The number of hydrogen-bond acceptors (Lipinski definition) is 3. The molecule has 154 valence electrons. The van der Waals surface area contributed by atoms with Gasteiger partial charge in [-0.05, 0) is 67.5 Å². The Kier molecular flexibility index (Phi) is 7.53. The molecule has 0 bridgehead atoms. The predicted molar refractivity (Wildman–Crippen MR) is 113 cm³/mol. The number of ketones is 1. The third-order valence-corrected chi connectivity index (χ3v) is 5.56. The lowest BCUT2D eigenvalue weighted by Crippen LogP contribution is -2.32. The van der Waals surface area contributed by atoms with E-state index in [9.17, 15) is 14.7 Å². The molecule has 6 heteroatoms. The lowest BCUT2D eigenvalue weighted by Gasteiger charge is -2.19. The Morgan fingerprint density at radius 3 is 2.72 bits per heavy atom. The van der Waals surface area contributed by atoms with Crippen LogP contribution in [0.15, 0.2) is 42.5 Å². The Hall–Kier alpha value is -2.53. The van der Waals surface area contributed by atoms with E-state index in [0.29, 0.717) is 49.4 Å². The van der Waals surface area contributed by atoms with Gasteiger partial charge in [-0.3, -0.25) is 4.79 Å². The van der Waals surface area contributed by atoms with Crippen LogP contribution >= 0.6 is 11.6 Å². The van der Waals surface area contributed by atoms with E-state index < -0.39 is 6.09 Å². The number of carbonyl (C=O) groups is 2. The SMILES string of the molecule is O=C(CCCCN(CCc1ccccc1Cl)C(=O)O)c1ccc2c(c1)CCCO2. The van der Waals surface area contributed by atoms with Crippen LogP contribution in [0.3, 0.4) is 0 Å². The Labute approximate surface area is 176 Å². The van der Waals surface area contributed by atoms with Crippen LogP contribution in [0.1, 0.15) is 47.2 Å². The monoisotopic (exact) mass is 415 g/mol. The summed E-state index contributed by atoms with van der Waals surface area (Å²) in [6, 6.07) is 13.1. The number of rotatable bonds is 9. The Morgan fingerprint density at radius 2 is 1.93 bits per heavy atom. The number of amides is 1. The van der Waals surface area contributed by atoms with E-state index in [0.717, 1.165) is 36.3 Å². The molecule has 1 aliphatic rings. The van der Waals surface area contributed by atoms with Crippen molar-refractivity contribution in [1.29, 1.82) is 0 Å². The molecule has 0 atom stereocenters. The van der Waals surface area contributed by atoms with Crippen LogP contribution in [-0.4, -0.2) is 41.6 Å². The van der Waals surface area contributed by atoms with Crippen molar-refractivity contribution in [2.45, 2.75) is 38.5 Å². The highest BCUT2D eigenvalue weighted by atomic mass is 35.5. The number of Topliss-reactive ketones (excluding diaryl/α,β-unsaturated/α-hetero) is 1. The summed E-state index contributed by atoms with van der Waals surface area (Å²) in [7, 11) is 0. The molecule has 0 aromatic heterocycles. The zero-order chi connectivity index (χ0) is 20.6. The number of hydrogen-bond donors (Lipinski definition) is 1. The van der Waals surface area contributed by atoms with Gasteiger partial charge in [-0.1, -0.05) is 29.8 Å². The Morgan fingerprint density at radius 1 is 1.10 bits per heavy atom. The van der Waals surface area contributed by atoms with Crippen LogP contribution in [0.4, 0.5) is 4.79 Å². The average molecular weight is 416 g/mol. The van der Waals surface area contributed by atoms with Gasteiger partial charge in [0.05, 0.1) is 6.61 Å². The summed E-state index contributed by atoms with van der Waals surface area (Å²) < 4.78 is 5.59. The fraction of sp³-hybridized carbons (Fsp3) is 0.391. The van der Waals surface area contributed by atoms with Gasteiger partial charge in [0.15, 0.2) is 5.78 Å². The molecule has 2 aromatic carbocycles. The molecule has 29 heavy (non-hydrogen) atoms. The zero-order valence-corrected chi connectivity index (χ0v) is 17.2. The number of benzene rings is 2. The first kappa shape index (κ1) is 21.2. The van der Waals surface area contributed by atoms with Crippen LogP contribution in [0, 0.1) is 0 Å². The second-order valence-corrected chi connectivity index (χ2v) is 7.67. The molecule has 1 heterocycles. The summed E-state index contributed by atoms with van der Waals surface area (Å²) in [5.41, 5.74) is 2.74.